The molecule has 8 heterocycles. The lowest BCUT2D eigenvalue weighted by Gasteiger charge is -2.36. The molecule has 0 N–H and O–H groups in total. The van der Waals surface area contributed by atoms with Crippen molar-refractivity contribution >= 4 is 34.0 Å². The van der Waals surface area contributed by atoms with Crippen LogP contribution >= 0.6 is 0 Å². The predicted molar refractivity (Wildman–Crippen MR) is 311 cm³/mol. The third kappa shape index (κ3) is 11.4. The van der Waals surface area contributed by atoms with E-state index in [-0.39, 0.29) is 130 Å². The number of nitriles is 2. The van der Waals surface area contributed by atoms with Gasteiger partial charge in [0.1, 0.15) is 71.0 Å². The molecule has 0 bridgehead atoms. The second kappa shape index (κ2) is 23.6. The molecule has 456 valence electrons. The lowest BCUT2D eigenvalue weighted by molar-refractivity contribution is -0.184. The molecule has 0 radical (unpaired) electrons. The number of rotatable bonds is 16. The smallest absolute Gasteiger partial charge is 0.346 e. The fraction of sp³-hybridized carbons (Fsp3) is 0.235. The van der Waals surface area contributed by atoms with Crippen LogP contribution in [-0.4, -0.2) is 91.9 Å². The van der Waals surface area contributed by atoms with Gasteiger partial charge in [-0.15, -0.1) is 0 Å². The molecule has 4 fully saturated rings. The van der Waals surface area contributed by atoms with Crippen molar-refractivity contribution in [2.75, 3.05) is 39.6 Å². The Morgan fingerprint density at radius 2 is 0.934 bits per heavy atom. The first-order valence-electron chi connectivity index (χ1n) is 28.8. The Hall–Kier alpha value is -10.3. The number of carbonyl (C=O) groups excluding carboxylic acids is 2. The summed E-state index contributed by atoms with van der Waals surface area (Å²) in [7, 11) is 0. The number of hydrogen-bond acceptors (Lipinski definition) is 15. The molecule has 6 aromatic carbocycles. The van der Waals surface area contributed by atoms with E-state index in [1.54, 1.807) is 12.1 Å². The molecule has 0 aliphatic carbocycles. The lowest BCUT2D eigenvalue weighted by atomic mass is 9.96. The summed E-state index contributed by atoms with van der Waals surface area (Å²) in [5.41, 5.74) is 0.852. The van der Waals surface area contributed by atoms with Gasteiger partial charge in [-0.25, -0.2) is 55.9 Å². The normalized spacial score (nSPS) is 17.0. The van der Waals surface area contributed by atoms with Crippen molar-refractivity contribution < 1.29 is 69.1 Å². The molecular formula is C68H48F6N8O9. The SMILES string of the molecule is N#Cc1ccc(COc2cccc(-c3cc(F)c(Cc4nc5ccc(C(=O)OC(=O)c6ccc7nc(Cc8cc(F)c(-c9cccc(OCc%10ccc(C#N)cc%10F)n9)cc8F)n(C8COC9(COC9)C8)c7c6)cc5n4C4COC5(COC5)C4)cc3F)n2)c(F)c1. The maximum absolute atomic E-state index is 16.3. The van der Waals surface area contributed by atoms with Crippen LogP contribution in [0.15, 0.2) is 133 Å². The molecule has 0 amide bonds. The van der Waals surface area contributed by atoms with Gasteiger partial charge < -0.3 is 42.3 Å². The summed E-state index contributed by atoms with van der Waals surface area (Å²) < 4.78 is 138. The van der Waals surface area contributed by atoms with Crippen molar-refractivity contribution in [1.82, 2.24) is 29.1 Å². The quantitative estimate of drug-likeness (QED) is 0.0501. The van der Waals surface area contributed by atoms with Gasteiger partial charge in [0.15, 0.2) is 0 Å². The number of fused-ring (bicyclic) bond motifs is 2. The summed E-state index contributed by atoms with van der Waals surface area (Å²) in [6, 6.07) is 33.1. The molecular weight excluding hydrogens is 1190 g/mol. The van der Waals surface area contributed by atoms with E-state index < -0.39 is 58.0 Å². The lowest BCUT2D eigenvalue weighted by Crippen LogP contribution is -2.49. The standard InChI is InChI=1S/C68H48F6N8O9/c69-49-15-37(27-75)7-9-41(49)29-87-63-5-1-3-55(79-63)47-23-51(71)43(17-53(47)73)21-61-77-57-13-11-39(19-59(57)81(61)45-25-67(89-31-45)33-85-34-67)65(83)91-66(84)40-12-14-58-60(20-40)82(46-26-68(90-32-46)35-86-36-68)62(78-58)22-44-18-54(74)48(24-52(44)72)56-4-2-6-64(80-56)88-30-42-10-8-38(28-76)16-50(42)70/h1-20,23-24,45-46H,21-22,25-26,29-36H2. The van der Waals surface area contributed by atoms with E-state index in [0.717, 1.165) is 36.4 Å². The van der Waals surface area contributed by atoms with Crippen molar-refractivity contribution in [1.29, 1.82) is 10.5 Å². The third-order valence-electron chi connectivity index (χ3n) is 16.8. The second-order valence-corrected chi connectivity index (χ2v) is 22.9. The minimum atomic E-state index is -1.000. The number of ether oxygens (including phenoxy) is 7. The fourth-order valence-corrected chi connectivity index (χ4v) is 12.1. The van der Waals surface area contributed by atoms with Crippen molar-refractivity contribution in [2.24, 2.45) is 0 Å². The van der Waals surface area contributed by atoms with Crippen LogP contribution in [0, 0.1) is 57.6 Å². The molecule has 91 heavy (non-hydrogen) atoms. The average molecular weight is 1240 g/mol. The first kappa shape index (κ1) is 58.4. The molecule has 4 aliphatic rings. The molecule has 23 heteroatoms. The van der Waals surface area contributed by atoms with Crippen LogP contribution in [-0.2, 0) is 49.7 Å². The van der Waals surface area contributed by atoms with E-state index >= 15 is 17.6 Å². The predicted octanol–water partition coefficient (Wildman–Crippen LogP) is 11.9. The maximum Gasteiger partial charge on any atom is 0.346 e. The molecule has 10 aromatic rings. The van der Waals surface area contributed by atoms with E-state index in [1.165, 1.54) is 84.9 Å². The van der Waals surface area contributed by atoms with Gasteiger partial charge in [-0.1, -0.05) is 24.3 Å². The topological polar surface area (TPSA) is 208 Å². The summed E-state index contributed by atoms with van der Waals surface area (Å²) in [6.07, 6.45) is 0.579. The molecule has 4 aromatic heterocycles. The van der Waals surface area contributed by atoms with Crippen molar-refractivity contribution in [2.45, 2.75) is 62.2 Å². The zero-order valence-corrected chi connectivity index (χ0v) is 47.9. The zero-order chi connectivity index (χ0) is 62.7. The molecule has 2 unspecified atom stereocenters. The number of hydrogen-bond donors (Lipinski definition) is 0. The summed E-state index contributed by atoms with van der Waals surface area (Å²) in [4.78, 5) is 46.7. The minimum absolute atomic E-state index is 0.0190. The van der Waals surface area contributed by atoms with Crippen molar-refractivity contribution in [3.63, 3.8) is 0 Å². The number of esters is 2. The number of benzene rings is 6. The van der Waals surface area contributed by atoms with Gasteiger partial charge in [-0.3, -0.25) is 0 Å². The summed E-state index contributed by atoms with van der Waals surface area (Å²) in [5, 5.41) is 18.2. The molecule has 0 saturated carbocycles. The van der Waals surface area contributed by atoms with Gasteiger partial charge >= 0.3 is 11.9 Å². The Morgan fingerprint density at radius 1 is 0.505 bits per heavy atom. The highest BCUT2D eigenvalue weighted by Gasteiger charge is 2.49. The number of nitrogens with zero attached hydrogens (tertiary/aromatic N) is 8. The average Bonchev–Trinajstić information content (AvgIpc) is 1.62. The van der Waals surface area contributed by atoms with Gasteiger partial charge in [-0.2, -0.15) is 10.5 Å². The highest BCUT2D eigenvalue weighted by molar-refractivity contribution is 6.05. The minimum Gasteiger partial charge on any atom is -0.473 e. The summed E-state index contributed by atoms with van der Waals surface area (Å²) >= 11 is 0. The summed E-state index contributed by atoms with van der Waals surface area (Å²) in [5.74, 6) is -5.69. The van der Waals surface area contributed by atoms with E-state index in [1.807, 2.05) is 21.3 Å². The second-order valence-electron chi connectivity index (χ2n) is 22.9. The Morgan fingerprint density at radius 3 is 1.32 bits per heavy atom. The number of carbonyl (C=O) groups is 2. The monoisotopic (exact) mass is 1230 g/mol. The van der Waals surface area contributed by atoms with Crippen LogP contribution in [0.2, 0.25) is 0 Å². The largest absolute Gasteiger partial charge is 0.473 e. The van der Waals surface area contributed by atoms with Crippen LogP contribution in [0.3, 0.4) is 0 Å². The molecule has 14 rings (SSSR count). The maximum atomic E-state index is 16.3. The van der Waals surface area contributed by atoms with Gasteiger partial charge in [-0.05, 0) is 108 Å². The number of halogens is 6. The van der Waals surface area contributed by atoms with Gasteiger partial charge in [0.2, 0.25) is 11.8 Å². The Labute approximate surface area is 513 Å². The Kier molecular flexibility index (Phi) is 15.1. The van der Waals surface area contributed by atoms with Crippen LogP contribution < -0.4 is 9.47 Å². The van der Waals surface area contributed by atoms with E-state index in [4.69, 9.17) is 53.6 Å². The Balaban J connectivity index is 0.711. The van der Waals surface area contributed by atoms with Gasteiger partial charge in [0.05, 0.1) is 120 Å². The molecule has 4 aliphatic heterocycles. The molecule has 2 atom stereocenters. The molecule has 2 spiro atoms. The molecule has 17 nitrogen and oxygen atoms in total. The fourth-order valence-electron chi connectivity index (χ4n) is 12.1. The van der Waals surface area contributed by atoms with Crippen LogP contribution in [0.25, 0.3) is 44.6 Å². The van der Waals surface area contributed by atoms with Crippen molar-refractivity contribution in [3.8, 4) is 46.4 Å². The number of pyridine rings is 2. The van der Waals surface area contributed by atoms with E-state index in [0.29, 0.717) is 73.0 Å². The number of imidazole rings is 2. The highest BCUT2D eigenvalue weighted by Crippen LogP contribution is 2.43. The van der Waals surface area contributed by atoms with Crippen LogP contribution in [0.5, 0.6) is 11.8 Å². The molecule has 4 saturated heterocycles. The number of aromatic nitrogens is 6. The zero-order valence-electron chi connectivity index (χ0n) is 47.9. The van der Waals surface area contributed by atoms with Gasteiger partial charge in [0, 0.05) is 60.1 Å². The van der Waals surface area contributed by atoms with E-state index in [9.17, 15) is 18.4 Å². The Bertz CT molecular complexity index is 4410. The van der Waals surface area contributed by atoms with Crippen LogP contribution in [0.4, 0.5) is 26.3 Å². The van der Waals surface area contributed by atoms with Gasteiger partial charge in [0.25, 0.3) is 0 Å². The summed E-state index contributed by atoms with van der Waals surface area (Å²) in [6.45, 7) is 1.37. The first-order valence-corrected chi connectivity index (χ1v) is 28.8. The third-order valence-corrected chi connectivity index (χ3v) is 16.8. The first-order chi connectivity index (χ1) is 44.1. The van der Waals surface area contributed by atoms with Crippen LogP contribution in [0.1, 0.15) is 90.7 Å². The van der Waals surface area contributed by atoms with E-state index in [2.05, 4.69) is 9.97 Å². The van der Waals surface area contributed by atoms with Crippen molar-refractivity contribution in [3.05, 3.63) is 225 Å². The highest BCUT2D eigenvalue weighted by atomic mass is 19.1.